The Morgan fingerprint density at radius 3 is 2.18 bits per heavy atom. The van der Waals surface area contributed by atoms with Gasteiger partial charge in [-0.25, -0.2) is 4.99 Å². The molecule has 0 aliphatic carbocycles. The minimum absolute atomic E-state index is 0. The normalized spacial score (nSPS) is 19.8. The highest BCUT2D eigenvalue weighted by atomic mass is 127. The number of likely N-dealkylation sites (tertiary alicyclic amines) is 1. The van der Waals surface area contributed by atoms with Crippen molar-refractivity contribution < 1.29 is 9.53 Å². The second kappa shape index (κ2) is 7.36. The molecule has 1 heterocycles. The van der Waals surface area contributed by atoms with Crippen LogP contribution in [0.15, 0.2) is 4.99 Å². The number of carbonyl (C=O) groups is 1. The number of nitrogens with one attached hydrogen (secondary N) is 1. The maximum atomic E-state index is 11.8. The molecule has 0 unspecified atom stereocenters. The second-order valence-electron chi connectivity index (χ2n) is 7.79. The van der Waals surface area contributed by atoms with Crippen molar-refractivity contribution in [2.45, 2.75) is 66.5 Å². The molecule has 1 N–H and O–H groups in total. The molecule has 6 heteroatoms. The first-order chi connectivity index (χ1) is 9.40. The largest absolute Gasteiger partial charge is 0.459 e. The molecular weight excluding hydrogens is 393 g/mol. The predicted octanol–water partition coefficient (Wildman–Crippen LogP) is 3.03. The summed E-state index contributed by atoms with van der Waals surface area (Å²) in [5.74, 6) is 0.489. The van der Waals surface area contributed by atoms with Crippen molar-refractivity contribution >= 4 is 35.9 Å². The van der Waals surface area contributed by atoms with Crippen LogP contribution in [-0.2, 0) is 9.53 Å². The van der Waals surface area contributed by atoms with Crippen molar-refractivity contribution in [2.24, 2.45) is 10.4 Å². The molecule has 0 bridgehead atoms. The zero-order valence-electron chi connectivity index (χ0n) is 15.2. The Morgan fingerprint density at radius 1 is 1.27 bits per heavy atom. The Morgan fingerprint density at radius 2 is 1.82 bits per heavy atom. The van der Waals surface area contributed by atoms with Crippen molar-refractivity contribution in [3.05, 3.63) is 0 Å². The summed E-state index contributed by atoms with van der Waals surface area (Å²) < 4.78 is 5.30. The number of halogens is 1. The second-order valence-corrected chi connectivity index (χ2v) is 7.79. The van der Waals surface area contributed by atoms with E-state index in [4.69, 9.17) is 4.74 Å². The van der Waals surface area contributed by atoms with Crippen LogP contribution in [0.5, 0.6) is 0 Å². The van der Waals surface area contributed by atoms with Gasteiger partial charge in [0.05, 0.1) is 0 Å². The van der Waals surface area contributed by atoms with E-state index in [1.807, 2.05) is 27.7 Å². The van der Waals surface area contributed by atoms with Crippen molar-refractivity contribution in [3.63, 3.8) is 0 Å². The van der Waals surface area contributed by atoms with Crippen LogP contribution in [0.1, 0.15) is 55.4 Å². The van der Waals surface area contributed by atoms with Gasteiger partial charge in [-0.2, -0.15) is 0 Å². The van der Waals surface area contributed by atoms with E-state index in [2.05, 4.69) is 42.9 Å². The Kier molecular flexibility index (Phi) is 7.18. The van der Waals surface area contributed by atoms with Gasteiger partial charge in [-0.3, -0.25) is 4.79 Å². The number of aliphatic imine (C=N–C) groups is 1. The van der Waals surface area contributed by atoms with E-state index in [1.165, 1.54) is 0 Å². The summed E-state index contributed by atoms with van der Waals surface area (Å²) in [7, 11) is 0. The van der Waals surface area contributed by atoms with Crippen LogP contribution in [-0.4, -0.2) is 47.6 Å². The van der Waals surface area contributed by atoms with Gasteiger partial charge in [0.15, 0.2) is 5.96 Å². The van der Waals surface area contributed by atoms with E-state index < -0.39 is 5.60 Å². The van der Waals surface area contributed by atoms with Gasteiger partial charge in [0.25, 0.3) is 0 Å². The number of rotatable bonds is 3. The van der Waals surface area contributed by atoms with Crippen LogP contribution in [0.2, 0.25) is 0 Å². The molecule has 0 aromatic carbocycles. The van der Waals surface area contributed by atoms with E-state index in [-0.39, 0.29) is 47.4 Å². The van der Waals surface area contributed by atoms with Crippen LogP contribution in [0.4, 0.5) is 0 Å². The van der Waals surface area contributed by atoms with E-state index in [9.17, 15) is 4.79 Å². The molecule has 1 aliphatic heterocycles. The molecule has 0 amide bonds. The Bertz CT molecular complexity index is 426. The van der Waals surface area contributed by atoms with Crippen LogP contribution < -0.4 is 5.32 Å². The summed E-state index contributed by atoms with van der Waals surface area (Å²) in [6, 6.07) is 0. The van der Waals surface area contributed by atoms with Crippen molar-refractivity contribution in [2.75, 3.05) is 19.6 Å². The van der Waals surface area contributed by atoms with Crippen molar-refractivity contribution in [1.29, 1.82) is 0 Å². The van der Waals surface area contributed by atoms with Crippen LogP contribution in [0.3, 0.4) is 0 Å². The fourth-order valence-electron chi connectivity index (χ4n) is 2.31. The van der Waals surface area contributed by atoms with E-state index in [0.29, 0.717) is 0 Å². The first kappa shape index (κ1) is 21.5. The Hall–Kier alpha value is -0.530. The van der Waals surface area contributed by atoms with Crippen molar-refractivity contribution in [3.8, 4) is 0 Å². The lowest BCUT2D eigenvalue weighted by atomic mass is 9.65. The lowest BCUT2D eigenvalue weighted by Crippen LogP contribution is -2.72. The summed E-state index contributed by atoms with van der Waals surface area (Å²) in [5, 5.41) is 3.26. The molecule has 1 rings (SSSR count). The highest BCUT2D eigenvalue weighted by molar-refractivity contribution is 14.0. The number of carbonyl (C=O) groups excluding carboxylic acids is 1. The summed E-state index contributed by atoms with van der Waals surface area (Å²) in [6.07, 6.45) is 0. The molecule has 0 aromatic rings. The number of esters is 1. The molecule has 1 fully saturated rings. The SMILES string of the molecule is CCNC(=NCC(=O)OC(C)(C)C)N1CC(C)(C)C1(C)C.I. The zero-order valence-corrected chi connectivity index (χ0v) is 17.6. The average Bonchev–Trinajstić information content (AvgIpc) is 2.29. The van der Waals surface area contributed by atoms with E-state index in [0.717, 1.165) is 19.0 Å². The van der Waals surface area contributed by atoms with Gasteiger partial charge in [0.2, 0.25) is 0 Å². The number of ether oxygens (including phenoxy) is 1. The summed E-state index contributed by atoms with van der Waals surface area (Å²) in [4.78, 5) is 18.5. The molecule has 0 saturated carbocycles. The minimum atomic E-state index is -0.469. The van der Waals surface area contributed by atoms with Gasteiger partial charge in [0, 0.05) is 24.0 Å². The van der Waals surface area contributed by atoms with Crippen molar-refractivity contribution in [1.82, 2.24) is 10.2 Å². The summed E-state index contributed by atoms with van der Waals surface area (Å²) >= 11 is 0. The van der Waals surface area contributed by atoms with Gasteiger partial charge >= 0.3 is 5.97 Å². The maximum Gasteiger partial charge on any atom is 0.328 e. The number of hydrogen-bond acceptors (Lipinski definition) is 3. The first-order valence-electron chi connectivity index (χ1n) is 7.68. The Balaban J connectivity index is 0.00000441. The van der Waals surface area contributed by atoms with Gasteiger partial charge in [-0.05, 0) is 41.5 Å². The third-order valence-electron chi connectivity index (χ3n) is 4.25. The van der Waals surface area contributed by atoms with E-state index >= 15 is 0 Å². The summed E-state index contributed by atoms with van der Waals surface area (Å²) in [6.45, 7) is 18.3. The highest BCUT2D eigenvalue weighted by Crippen LogP contribution is 2.46. The molecule has 0 spiro atoms. The third-order valence-corrected chi connectivity index (χ3v) is 4.25. The molecule has 1 saturated heterocycles. The highest BCUT2D eigenvalue weighted by Gasteiger charge is 2.53. The molecule has 0 radical (unpaired) electrons. The number of guanidine groups is 1. The fraction of sp³-hybridized carbons (Fsp3) is 0.875. The Labute approximate surface area is 152 Å². The monoisotopic (exact) mass is 425 g/mol. The molecular formula is C16H32IN3O2. The third kappa shape index (κ3) is 4.99. The van der Waals surface area contributed by atoms with Gasteiger partial charge in [-0.1, -0.05) is 13.8 Å². The molecule has 22 heavy (non-hydrogen) atoms. The summed E-state index contributed by atoms with van der Waals surface area (Å²) in [5.41, 5.74) is -0.222. The molecule has 130 valence electrons. The predicted molar refractivity (Wildman–Crippen MR) is 102 cm³/mol. The maximum absolute atomic E-state index is 11.8. The number of hydrogen-bond donors (Lipinski definition) is 1. The molecule has 0 atom stereocenters. The zero-order chi connectivity index (χ0) is 16.5. The van der Waals surface area contributed by atoms with Crippen LogP contribution in [0, 0.1) is 5.41 Å². The smallest absolute Gasteiger partial charge is 0.328 e. The quantitative estimate of drug-likeness (QED) is 0.327. The minimum Gasteiger partial charge on any atom is -0.459 e. The van der Waals surface area contributed by atoms with Gasteiger partial charge in [0.1, 0.15) is 12.1 Å². The average molecular weight is 425 g/mol. The first-order valence-corrected chi connectivity index (χ1v) is 7.68. The lowest BCUT2D eigenvalue weighted by Gasteiger charge is -2.62. The fourth-order valence-corrected chi connectivity index (χ4v) is 2.31. The van der Waals surface area contributed by atoms with Crippen LogP contribution in [0.25, 0.3) is 0 Å². The van der Waals surface area contributed by atoms with Crippen LogP contribution >= 0.6 is 24.0 Å². The molecule has 1 aliphatic rings. The molecule has 5 nitrogen and oxygen atoms in total. The van der Waals surface area contributed by atoms with Gasteiger partial charge < -0.3 is 15.0 Å². The molecule has 0 aromatic heterocycles. The lowest BCUT2D eigenvalue weighted by molar-refractivity contribution is -0.152. The standard InChI is InChI=1S/C16H31N3O2.HI/c1-9-17-13(18-10-12(20)21-14(2,3)4)19-11-15(5,6)16(19,7)8;/h9-11H2,1-8H3,(H,17,18);1H. The van der Waals surface area contributed by atoms with E-state index in [1.54, 1.807) is 0 Å². The topological polar surface area (TPSA) is 53.9 Å². The number of nitrogens with zero attached hydrogens (tertiary/aromatic N) is 2. The van der Waals surface area contributed by atoms with Gasteiger partial charge in [-0.15, -0.1) is 24.0 Å².